The Labute approximate surface area is 179 Å². The van der Waals surface area contributed by atoms with E-state index >= 15 is 0 Å². The maximum Gasteiger partial charge on any atom is 0.271 e. The van der Waals surface area contributed by atoms with Crippen molar-refractivity contribution in [2.45, 2.75) is 4.21 Å². The Hall–Kier alpha value is -2.88. The average molecular weight is 444 g/mol. The molecule has 0 atom stereocenters. The van der Waals surface area contributed by atoms with E-state index in [1.54, 1.807) is 41.8 Å². The fourth-order valence-corrected chi connectivity index (χ4v) is 5.17. The Kier molecular flexibility index (Phi) is 6.03. The van der Waals surface area contributed by atoms with E-state index in [0.29, 0.717) is 30.2 Å². The monoisotopic (exact) mass is 443 g/mol. The number of carbonyl (C=O) groups is 1. The number of thiophene rings is 1. The van der Waals surface area contributed by atoms with Crippen LogP contribution >= 0.6 is 11.3 Å². The minimum absolute atomic E-state index is 0.240. The third-order valence-electron chi connectivity index (χ3n) is 4.64. The number of rotatable bonds is 6. The van der Waals surface area contributed by atoms with Gasteiger partial charge in [-0.15, -0.1) is 11.3 Å². The summed E-state index contributed by atoms with van der Waals surface area (Å²) in [5, 5.41) is 4.60. The number of sulfonamides is 1. The average Bonchev–Trinajstić information content (AvgIpc) is 3.31. The molecule has 0 aliphatic carbocycles. The van der Waals surface area contributed by atoms with Crippen LogP contribution in [0.1, 0.15) is 10.4 Å². The minimum Gasteiger partial charge on any atom is -0.378 e. The molecule has 0 bridgehead atoms. The van der Waals surface area contributed by atoms with Gasteiger partial charge >= 0.3 is 0 Å². The lowest BCUT2D eigenvalue weighted by atomic mass is 10.2. The van der Waals surface area contributed by atoms with Crippen LogP contribution in [0.15, 0.2) is 70.3 Å². The normalized spacial score (nSPS) is 14.3. The molecule has 2 aromatic carbocycles. The van der Waals surface area contributed by atoms with E-state index in [9.17, 15) is 13.2 Å². The molecule has 3 aromatic rings. The number of amides is 1. The fourth-order valence-electron chi connectivity index (χ4n) is 3.12. The van der Waals surface area contributed by atoms with Gasteiger partial charge < -0.3 is 15.0 Å². The van der Waals surface area contributed by atoms with E-state index in [0.717, 1.165) is 30.1 Å². The maximum absolute atomic E-state index is 12.6. The molecule has 1 aliphatic rings. The summed E-state index contributed by atoms with van der Waals surface area (Å²) >= 11 is 1.14. The zero-order chi connectivity index (χ0) is 21.0. The molecular weight excluding hydrogens is 422 g/mol. The molecule has 2 heterocycles. The van der Waals surface area contributed by atoms with Crippen molar-refractivity contribution in [3.05, 3.63) is 71.6 Å². The number of benzene rings is 2. The standard InChI is InChI=1S/C21H21N3O4S2/c25-21(22-18-3-1-4-19(15-18)24-10-12-28-13-11-24)16-6-8-17(9-7-16)23-30(26,27)20-5-2-14-29-20/h1-9,14-15,23H,10-13H2,(H,22,25). The van der Waals surface area contributed by atoms with Gasteiger partial charge in [0.15, 0.2) is 0 Å². The lowest BCUT2D eigenvalue weighted by Crippen LogP contribution is -2.36. The molecule has 156 valence electrons. The largest absolute Gasteiger partial charge is 0.378 e. The Morgan fingerprint density at radius 1 is 0.967 bits per heavy atom. The molecule has 30 heavy (non-hydrogen) atoms. The molecule has 1 saturated heterocycles. The van der Waals surface area contributed by atoms with Gasteiger partial charge in [0.25, 0.3) is 15.9 Å². The van der Waals surface area contributed by atoms with Gasteiger partial charge in [-0.2, -0.15) is 0 Å². The molecule has 1 aliphatic heterocycles. The fraction of sp³-hybridized carbons (Fsp3) is 0.190. The topological polar surface area (TPSA) is 87.7 Å². The highest BCUT2D eigenvalue weighted by atomic mass is 32.2. The summed E-state index contributed by atoms with van der Waals surface area (Å²) < 4.78 is 32.7. The van der Waals surface area contributed by atoms with E-state index in [2.05, 4.69) is 14.9 Å². The lowest BCUT2D eigenvalue weighted by Gasteiger charge is -2.29. The van der Waals surface area contributed by atoms with Gasteiger partial charge in [-0.25, -0.2) is 8.42 Å². The SMILES string of the molecule is O=C(Nc1cccc(N2CCOCC2)c1)c1ccc(NS(=O)(=O)c2cccs2)cc1. The first-order valence-electron chi connectivity index (χ1n) is 9.42. The Morgan fingerprint density at radius 3 is 2.43 bits per heavy atom. The highest BCUT2D eigenvalue weighted by Crippen LogP contribution is 2.22. The summed E-state index contributed by atoms with van der Waals surface area (Å²) in [6, 6.07) is 17.2. The van der Waals surface area contributed by atoms with Gasteiger partial charge in [0.2, 0.25) is 0 Å². The summed E-state index contributed by atoms with van der Waals surface area (Å²) in [5.41, 5.74) is 2.57. The van der Waals surface area contributed by atoms with Crippen molar-refractivity contribution in [2.75, 3.05) is 41.2 Å². The molecule has 0 spiro atoms. The van der Waals surface area contributed by atoms with Crippen molar-refractivity contribution < 1.29 is 17.9 Å². The molecular formula is C21H21N3O4S2. The van der Waals surface area contributed by atoms with Crippen LogP contribution in [0.3, 0.4) is 0 Å². The lowest BCUT2D eigenvalue weighted by molar-refractivity contribution is 0.102. The van der Waals surface area contributed by atoms with Crippen molar-refractivity contribution in [2.24, 2.45) is 0 Å². The molecule has 1 fully saturated rings. The van der Waals surface area contributed by atoms with Crippen LogP contribution in [-0.4, -0.2) is 40.6 Å². The van der Waals surface area contributed by atoms with Crippen LogP contribution in [0.2, 0.25) is 0 Å². The van der Waals surface area contributed by atoms with Crippen molar-refractivity contribution in [1.29, 1.82) is 0 Å². The van der Waals surface area contributed by atoms with Crippen molar-refractivity contribution >= 4 is 44.3 Å². The van der Waals surface area contributed by atoms with Crippen LogP contribution in [0.4, 0.5) is 17.1 Å². The van der Waals surface area contributed by atoms with Crippen molar-refractivity contribution in [1.82, 2.24) is 0 Å². The molecule has 1 aromatic heterocycles. The second-order valence-corrected chi connectivity index (χ2v) is 9.58. The first kappa shape index (κ1) is 20.4. The molecule has 9 heteroatoms. The third-order valence-corrected chi connectivity index (χ3v) is 7.42. The van der Waals surface area contributed by atoms with Gasteiger partial charge in [0.05, 0.1) is 13.2 Å². The van der Waals surface area contributed by atoms with Crippen LogP contribution < -0.4 is 14.9 Å². The highest BCUT2D eigenvalue weighted by Gasteiger charge is 2.16. The quantitative estimate of drug-likeness (QED) is 0.607. The van der Waals surface area contributed by atoms with Crippen LogP contribution in [0.25, 0.3) is 0 Å². The van der Waals surface area contributed by atoms with Crippen molar-refractivity contribution in [3.63, 3.8) is 0 Å². The first-order chi connectivity index (χ1) is 14.5. The van der Waals surface area contributed by atoms with E-state index < -0.39 is 10.0 Å². The number of hydrogen-bond donors (Lipinski definition) is 2. The highest BCUT2D eigenvalue weighted by molar-refractivity contribution is 7.94. The summed E-state index contributed by atoms with van der Waals surface area (Å²) in [5.74, 6) is -0.262. The van der Waals surface area contributed by atoms with E-state index in [-0.39, 0.29) is 10.1 Å². The smallest absolute Gasteiger partial charge is 0.271 e. The third kappa shape index (κ3) is 4.81. The van der Waals surface area contributed by atoms with Crippen LogP contribution in [-0.2, 0) is 14.8 Å². The zero-order valence-electron chi connectivity index (χ0n) is 16.1. The molecule has 1 amide bonds. The molecule has 2 N–H and O–H groups in total. The van der Waals surface area contributed by atoms with Crippen molar-refractivity contribution in [3.8, 4) is 0 Å². The predicted octanol–water partition coefficient (Wildman–Crippen LogP) is 3.64. The van der Waals surface area contributed by atoms with Gasteiger partial charge in [-0.05, 0) is 53.9 Å². The number of anilines is 3. The Morgan fingerprint density at radius 2 is 1.73 bits per heavy atom. The number of nitrogens with zero attached hydrogens (tertiary/aromatic N) is 1. The number of morpholine rings is 1. The molecule has 0 saturated carbocycles. The van der Waals surface area contributed by atoms with Gasteiger partial charge in [0.1, 0.15) is 4.21 Å². The first-order valence-corrected chi connectivity index (χ1v) is 11.8. The second-order valence-electron chi connectivity index (χ2n) is 6.72. The van der Waals surface area contributed by atoms with Crippen LogP contribution in [0.5, 0.6) is 0 Å². The summed E-state index contributed by atoms with van der Waals surface area (Å²) in [6.07, 6.45) is 0. The summed E-state index contributed by atoms with van der Waals surface area (Å²) in [6.45, 7) is 3.03. The number of nitrogens with one attached hydrogen (secondary N) is 2. The minimum atomic E-state index is -3.61. The summed E-state index contributed by atoms with van der Waals surface area (Å²) in [7, 11) is -3.61. The van der Waals surface area contributed by atoms with Gasteiger partial charge in [-0.1, -0.05) is 12.1 Å². The zero-order valence-corrected chi connectivity index (χ0v) is 17.7. The van der Waals surface area contributed by atoms with E-state index in [1.807, 2.05) is 24.3 Å². The Balaban J connectivity index is 1.42. The van der Waals surface area contributed by atoms with Gasteiger partial charge in [0, 0.05) is 35.7 Å². The van der Waals surface area contributed by atoms with Crippen LogP contribution in [0, 0.1) is 0 Å². The molecule has 4 rings (SSSR count). The number of carbonyl (C=O) groups excluding carboxylic acids is 1. The Bertz CT molecular complexity index is 1110. The molecule has 7 nitrogen and oxygen atoms in total. The predicted molar refractivity (Wildman–Crippen MR) is 119 cm³/mol. The van der Waals surface area contributed by atoms with Gasteiger partial charge in [-0.3, -0.25) is 9.52 Å². The molecule has 0 radical (unpaired) electrons. The second kappa shape index (κ2) is 8.86. The summed E-state index contributed by atoms with van der Waals surface area (Å²) in [4.78, 5) is 14.8. The number of ether oxygens (including phenoxy) is 1. The maximum atomic E-state index is 12.6. The molecule has 0 unspecified atom stereocenters. The number of hydrogen-bond acceptors (Lipinski definition) is 6. The van der Waals surface area contributed by atoms with E-state index in [1.165, 1.54) is 0 Å². The van der Waals surface area contributed by atoms with E-state index in [4.69, 9.17) is 4.74 Å².